The van der Waals surface area contributed by atoms with Gasteiger partial charge >= 0.3 is 0 Å². The zero-order valence-electron chi connectivity index (χ0n) is 18.9. The Balaban J connectivity index is 3.03. The summed E-state index contributed by atoms with van der Waals surface area (Å²) in [7, 11) is 0. The Kier molecular flexibility index (Phi) is 18.2. The number of hydrogen-bond donors (Lipinski definition) is 0. The van der Waals surface area contributed by atoms with Gasteiger partial charge in [-0.15, -0.1) is 0 Å². The van der Waals surface area contributed by atoms with Gasteiger partial charge in [-0.1, -0.05) is 97.8 Å². The van der Waals surface area contributed by atoms with E-state index < -0.39 is 0 Å². The van der Waals surface area contributed by atoms with Gasteiger partial charge in [-0.05, 0) is 32.1 Å². The van der Waals surface area contributed by atoms with Crippen LogP contribution in [0, 0.1) is 5.41 Å². The third-order valence-electron chi connectivity index (χ3n) is 4.89. The molecule has 0 bridgehead atoms. The van der Waals surface area contributed by atoms with Gasteiger partial charge in [0.15, 0.2) is 0 Å². The van der Waals surface area contributed by atoms with E-state index in [1.54, 1.807) is 0 Å². The van der Waals surface area contributed by atoms with Crippen LogP contribution in [-0.4, -0.2) is 25.9 Å². The third kappa shape index (κ3) is 23.9. The predicted octanol–water partition coefficient (Wildman–Crippen LogP) is 7.94. The van der Waals surface area contributed by atoms with Crippen molar-refractivity contribution in [2.24, 2.45) is 5.41 Å². The topological polar surface area (TPSA) is 18.5 Å². The fraction of sp³-hybridized carbons (Fsp3) is 1.00. The molecule has 0 saturated heterocycles. The second kappa shape index (κ2) is 18.3. The van der Waals surface area contributed by atoms with Crippen LogP contribution in [0.3, 0.4) is 0 Å². The minimum absolute atomic E-state index is 0.317. The van der Waals surface area contributed by atoms with Crippen molar-refractivity contribution in [2.45, 2.75) is 131 Å². The number of unbranched alkanes of at least 4 members (excludes halogenated alkanes) is 12. The number of rotatable bonds is 19. The molecule has 158 valence electrons. The third-order valence-corrected chi connectivity index (χ3v) is 4.89. The van der Waals surface area contributed by atoms with Crippen LogP contribution in [0.5, 0.6) is 0 Å². The Morgan fingerprint density at radius 1 is 0.538 bits per heavy atom. The van der Waals surface area contributed by atoms with E-state index in [0.717, 1.165) is 19.8 Å². The van der Waals surface area contributed by atoms with E-state index in [2.05, 4.69) is 34.6 Å². The highest BCUT2D eigenvalue weighted by Crippen LogP contribution is 2.22. The monoisotopic (exact) mass is 370 g/mol. The second-order valence-corrected chi connectivity index (χ2v) is 9.44. The predicted molar refractivity (Wildman–Crippen MR) is 116 cm³/mol. The van der Waals surface area contributed by atoms with Crippen LogP contribution in [0.1, 0.15) is 125 Å². The van der Waals surface area contributed by atoms with Crippen LogP contribution in [0.25, 0.3) is 0 Å². The van der Waals surface area contributed by atoms with Crippen LogP contribution in [-0.2, 0) is 9.47 Å². The summed E-state index contributed by atoms with van der Waals surface area (Å²) in [5.41, 5.74) is 0.523. The Morgan fingerprint density at radius 3 is 1.38 bits per heavy atom. The Morgan fingerprint density at radius 2 is 0.962 bits per heavy atom. The minimum atomic E-state index is 0.317. The molecule has 0 saturated carbocycles. The summed E-state index contributed by atoms with van der Waals surface area (Å²) in [5, 5.41) is 0. The summed E-state index contributed by atoms with van der Waals surface area (Å²) < 4.78 is 11.0. The molecular formula is C24H50O2. The zero-order valence-corrected chi connectivity index (χ0v) is 18.9. The quantitative estimate of drug-likeness (QED) is 0.215. The molecule has 0 aliphatic carbocycles. The lowest BCUT2D eigenvalue weighted by molar-refractivity contribution is 0.0186. The van der Waals surface area contributed by atoms with E-state index in [9.17, 15) is 0 Å². The lowest BCUT2D eigenvalue weighted by atomic mass is 9.89. The molecule has 0 aromatic carbocycles. The van der Waals surface area contributed by atoms with E-state index in [1.807, 2.05) is 0 Å². The molecule has 0 rings (SSSR count). The van der Waals surface area contributed by atoms with Crippen molar-refractivity contribution in [1.29, 1.82) is 0 Å². The molecule has 0 N–H and O–H groups in total. The van der Waals surface area contributed by atoms with Crippen LogP contribution >= 0.6 is 0 Å². The van der Waals surface area contributed by atoms with Crippen molar-refractivity contribution in [3.8, 4) is 0 Å². The molecule has 0 atom stereocenters. The molecule has 0 aliphatic rings. The Bertz CT molecular complexity index is 268. The van der Waals surface area contributed by atoms with E-state index >= 15 is 0 Å². The van der Waals surface area contributed by atoms with E-state index in [-0.39, 0.29) is 0 Å². The van der Waals surface area contributed by atoms with Gasteiger partial charge in [0.05, 0.1) is 19.3 Å². The Hall–Kier alpha value is -0.0800. The van der Waals surface area contributed by atoms with Gasteiger partial charge in [0.2, 0.25) is 0 Å². The van der Waals surface area contributed by atoms with Gasteiger partial charge in [-0.25, -0.2) is 0 Å². The molecule has 0 spiro atoms. The molecule has 0 unspecified atom stereocenters. The highest BCUT2D eigenvalue weighted by atomic mass is 16.5. The van der Waals surface area contributed by atoms with E-state index in [1.165, 1.54) is 89.9 Å². The first-order valence-electron chi connectivity index (χ1n) is 11.6. The highest BCUT2D eigenvalue weighted by Gasteiger charge is 2.08. The molecule has 0 radical (unpaired) electrons. The summed E-state index contributed by atoms with van der Waals surface area (Å²) in [6, 6.07) is 0. The molecule has 0 aromatic heterocycles. The summed E-state index contributed by atoms with van der Waals surface area (Å²) in [5.74, 6) is 0. The first-order chi connectivity index (χ1) is 12.4. The normalized spacial score (nSPS) is 12.2. The molecular weight excluding hydrogens is 320 g/mol. The van der Waals surface area contributed by atoms with Crippen LogP contribution in [0.2, 0.25) is 0 Å². The average Bonchev–Trinajstić information content (AvgIpc) is 2.55. The summed E-state index contributed by atoms with van der Waals surface area (Å²) in [6.07, 6.45) is 20.0. The van der Waals surface area contributed by atoms with Gasteiger partial charge in [0, 0.05) is 6.61 Å². The van der Waals surface area contributed by atoms with Gasteiger partial charge in [-0.3, -0.25) is 0 Å². The number of hydrogen-bond acceptors (Lipinski definition) is 2. The maximum absolute atomic E-state index is 5.58. The van der Waals surface area contributed by atoms with Crippen LogP contribution in [0.15, 0.2) is 0 Å². The Labute approximate surface area is 165 Å². The maximum Gasteiger partial charge on any atom is 0.0703 e. The fourth-order valence-electron chi connectivity index (χ4n) is 3.25. The lowest BCUT2D eigenvalue weighted by Gasteiger charge is -2.17. The average molecular weight is 371 g/mol. The molecule has 26 heavy (non-hydrogen) atoms. The molecule has 0 amide bonds. The van der Waals surface area contributed by atoms with Gasteiger partial charge < -0.3 is 9.47 Å². The highest BCUT2D eigenvalue weighted by molar-refractivity contribution is 4.61. The number of ether oxygens (including phenoxy) is 2. The second-order valence-electron chi connectivity index (χ2n) is 9.44. The molecule has 0 aromatic rings. The van der Waals surface area contributed by atoms with E-state index in [0.29, 0.717) is 11.5 Å². The molecule has 0 aliphatic heterocycles. The molecule has 2 nitrogen and oxygen atoms in total. The van der Waals surface area contributed by atoms with Crippen LogP contribution < -0.4 is 0 Å². The van der Waals surface area contributed by atoms with Crippen molar-refractivity contribution in [3.05, 3.63) is 0 Å². The van der Waals surface area contributed by atoms with Crippen molar-refractivity contribution in [1.82, 2.24) is 0 Å². The summed E-state index contributed by atoms with van der Waals surface area (Å²) >= 11 is 0. The van der Waals surface area contributed by atoms with Gasteiger partial charge in [0.1, 0.15) is 0 Å². The summed E-state index contributed by atoms with van der Waals surface area (Å²) in [6.45, 7) is 13.6. The van der Waals surface area contributed by atoms with Crippen molar-refractivity contribution in [3.63, 3.8) is 0 Å². The molecule has 2 heteroatoms. The van der Waals surface area contributed by atoms with Crippen molar-refractivity contribution >= 4 is 0 Å². The minimum Gasteiger partial charge on any atom is -0.379 e. The fourth-order valence-corrected chi connectivity index (χ4v) is 3.25. The summed E-state index contributed by atoms with van der Waals surface area (Å²) in [4.78, 5) is 0. The molecule has 0 fully saturated rings. The van der Waals surface area contributed by atoms with Crippen LogP contribution in [0.4, 0.5) is 0 Å². The zero-order chi connectivity index (χ0) is 19.5. The van der Waals surface area contributed by atoms with Crippen molar-refractivity contribution < 1.29 is 9.47 Å². The largest absolute Gasteiger partial charge is 0.379 e. The lowest BCUT2D eigenvalue weighted by Crippen LogP contribution is -2.10. The smallest absolute Gasteiger partial charge is 0.0703 e. The first-order valence-corrected chi connectivity index (χ1v) is 11.6. The molecule has 0 heterocycles. The standard InChI is InChI=1S/C24H50O2/c1-23(2)26-22-21-25-20-18-16-14-12-10-8-6-7-9-11-13-15-17-19-24(3,4)5/h23H,6-22H2,1-5H3. The maximum atomic E-state index is 5.58. The van der Waals surface area contributed by atoms with E-state index in [4.69, 9.17) is 9.47 Å². The van der Waals surface area contributed by atoms with Crippen molar-refractivity contribution in [2.75, 3.05) is 19.8 Å². The first kappa shape index (κ1) is 25.9. The van der Waals surface area contributed by atoms with Gasteiger partial charge in [-0.2, -0.15) is 0 Å². The van der Waals surface area contributed by atoms with Gasteiger partial charge in [0.25, 0.3) is 0 Å². The SMILES string of the molecule is CC(C)OCCOCCCCCCCCCCCCCCCC(C)(C)C.